The summed E-state index contributed by atoms with van der Waals surface area (Å²) in [5.74, 6) is 0.940. The third-order valence-corrected chi connectivity index (χ3v) is 4.45. The standard InChI is InChI=1S/C17H14N4O2S/c1-2-6-20-7-3-12-4-8-21(17(22)15(12)20)10-14-18-16(19-23-14)13-5-9-24-11-13/h2-5,7-9,11H,1,6,10H2. The van der Waals surface area contributed by atoms with E-state index in [0.29, 0.717) is 23.8 Å². The Morgan fingerprint density at radius 1 is 1.25 bits per heavy atom. The van der Waals surface area contributed by atoms with Gasteiger partial charge < -0.3 is 13.7 Å². The Balaban J connectivity index is 1.70. The van der Waals surface area contributed by atoms with Crippen LogP contribution in [0.1, 0.15) is 5.89 Å². The van der Waals surface area contributed by atoms with Crippen LogP contribution in [-0.4, -0.2) is 19.3 Å². The number of thiophene rings is 1. The normalized spacial score (nSPS) is 11.2. The lowest BCUT2D eigenvalue weighted by atomic mass is 10.3. The van der Waals surface area contributed by atoms with Crippen molar-refractivity contribution in [1.82, 2.24) is 19.3 Å². The van der Waals surface area contributed by atoms with E-state index in [9.17, 15) is 4.79 Å². The monoisotopic (exact) mass is 338 g/mol. The summed E-state index contributed by atoms with van der Waals surface area (Å²) in [6.07, 6.45) is 5.40. The van der Waals surface area contributed by atoms with Crippen molar-refractivity contribution in [3.8, 4) is 11.4 Å². The summed E-state index contributed by atoms with van der Waals surface area (Å²) in [7, 11) is 0. The molecule has 4 heterocycles. The molecule has 0 aromatic carbocycles. The minimum absolute atomic E-state index is 0.0883. The van der Waals surface area contributed by atoms with Crippen LogP contribution in [0.2, 0.25) is 0 Å². The van der Waals surface area contributed by atoms with E-state index in [1.807, 2.05) is 39.7 Å². The Kier molecular flexibility index (Phi) is 3.62. The quantitative estimate of drug-likeness (QED) is 0.524. The number of hydrogen-bond acceptors (Lipinski definition) is 5. The van der Waals surface area contributed by atoms with Crippen LogP contribution in [0.4, 0.5) is 0 Å². The summed E-state index contributed by atoms with van der Waals surface area (Å²) < 4.78 is 8.74. The van der Waals surface area contributed by atoms with Crippen molar-refractivity contribution >= 4 is 22.2 Å². The number of nitrogens with zero attached hydrogens (tertiary/aromatic N) is 4. The lowest BCUT2D eigenvalue weighted by Crippen LogP contribution is -2.22. The van der Waals surface area contributed by atoms with Crippen molar-refractivity contribution in [3.63, 3.8) is 0 Å². The van der Waals surface area contributed by atoms with Gasteiger partial charge in [0, 0.05) is 35.3 Å². The van der Waals surface area contributed by atoms with Crippen LogP contribution < -0.4 is 5.56 Å². The molecule has 0 spiro atoms. The zero-order valence-corrected chi connectivity index (χ0v) is 13.6. The highest BCUT2D eigenvalue weighted by Crippen LogP contribution is 2.19. The molecule has 4 rings (SSSR count). The van der Waals surface area contributed by atoms with Gasteiger partial charge in [-0.1, -0.05) is 11.2 Å². The van der Waals surface area contributed by atoms with E-state index in [4.69, 9.17) is 4.52 Å². The minimum Gasteiger partial charge on any atom is -0.339 e. The predicted octanol–water partition coefficient (Wildman–Crippen LogP) is 3.15. The highest BCUT2D eigenvalue weighted by atomic mass is 32.1. The topological polar surface area (TPSA) is 65.8 Å². The first kappa shape index (κ1) is 14.6. The lowest BCUT2D eigenvalue weighted by molar-refractivity contribution is 0.370. The number of fused-ring (bicyclic) bond motifs is 1. The molecule has 0 amide bonds. The molecule has 0 radical (unpaired) electrons. The SMILES string of the molecule is C=CCn1ccc2ccn(Cc3nc(-c4ccsc4)no3)c(=O)c21. The minimum atomic E-state index is -0.0883. The number of pyridine rings is 1. The molecule has 0 N–H and O–H groups in total. The molecule has 24 heavy (non-hydrogen) atoms. The maximum absolute atomic E-state index is 12.7. The van der Waals surface area contributed by atoms with Gasteiger partial charge in [-0.05, 0) is 23.6 Å². The van der Waals surface area contributed by atoms with E-state index in [-0.39, 0.29) is 12.1 Å². The van der Waals surface area contributed by atoms with Gasteiger partial charge in [-0.15, -0.1) is 6.58 Å². The summed E-state index contributed by atoms with van der Waals surface area (Å²) in [6.45, 7) is 4.56. The zero-order valence-electron chi connectivity index (χ0n) is 12.8. The molecule has 0 atom stereocenters. The van der Waals surface area contributed by atoms with Gasteiger partial charge in [0.15, 0.2) is 0 Å². The van der Waals surface area contributed by atoms with Crippen LogP contribution in [0.15, 0.2) is 63.3 Å². The van der Waals surface area contributed by atoms with Gasteiger partial charge in [-0.2, -0.15) is 16.3 Å². The molecule has 0 aliphatic rings. The summed E-state index contributed by atoms with van der Waals surface area (Å²) >= 11 is 1.57. The second-order valence-corrected chi connectivity index (χ2v) is 6.11. The number of rotatable bonds is 5. The third kappa shape index (κ3) is 2.48. The Bertz CT molecular complexity index is 1060. The van der Waals surface area contributed by atoms with E-state index < -0.39 is 0 Å². The molecule has 4 aromatic heterocycles. The van der Waals surface area contributed by atoms with Gasteiger partial charge in [0.2, 0.25) is 11.7 Å². The number of aromatic nitrogens is 4. The Morgan fingerprint density at radius 2 is 2.08 bits per heavy atom. The van der Waals surface area contributed by atoms with Crippen molar-refractivity contribution in [2.45, 2.75) is 13.1 Å². The molecule has 4 aromatic rings. The highest BCUT2D eigenvalue weighted by molar-refractivity contribution is 7.08. The van der Waals surface area contributed by atoms with Crippen molar-refractivity contribution < 1.29 is 4.52 Å². The van der Waals surface area contributed by atoms with E-state index in [1.165, 1.54) is 0 Å². The summed E-state index contributed by atoms with van der Waals surface area (Å²) in [4.78, 5) is 17.1. The second kappa shape index (κ2) is 5.93. The van der Waals surface area contributed by atoms with Crippen LogP contribution in [-0.2, 0) is 13.1 Å². The molecule has 6 nitrogen and oxygen atoms in total. The smallest absolute Gasteiger partial charge is 0.275 e. The summed E-state index contributed by atoms with van der Waals surface area (Å²) in [6, 6.07) is 5.76. The first-order chi connectivity index (χ1) is 11.8. The highest BCUT2D eigenvalue weighted by Gasteiger charge is 2.12. The lowest BCUT2D eigenvalue weighted by Gasteiger charge is -2.05. The molecular weight excluding hydrogens is 324 g/mol. The van der Waals surface area contributed by atoms with Crippen molar-refractivity contribution in [1.29, 1.82) is 0 Å². The maximum atomic E-state index is 12.7. The Hall–Kier alpha value is -2.93. The molecule has 7 heteroatoms. The largest absolute Gasteiger partial charge is 0.339 e. The number of allylic oxidation sites excluding steroid dienone is 1. The molecule has 0 saturated carbocycles. The van der Waals surface area contributed by atoms with Gasteiger partial charge in [0.1, 0.15) is 12.1 Å². The average molecular weight is 338 g/mol. The molecule has 0 saturated heterocycles. The molecule has 0 unspecified atom stereocenters. The fraction of sp³-hybridized carbons (Fsp3) is 0.118. The summed E-state index contributed by atoms with van der Waals surface area (Å²) in [5, 5.41) is 8.79. The molecule has 0 aliphatic carbocycles. The van der Waals surface area contributed by atoms with Gasteiger partial charge in [0.25, 0.3) is 5.56 Å². The van der Waals surface area contributed by atoms with Gasteiger partial charge in [-0.25, -0.2) is 0 Å². The fourth-order valence-corrected chi connectivity index (χ4v) is 3.27. The molecule has 0 fully saturated rings. The van der Waals surface area contributed by atoms with Crippen LogP contribution in [0, 0.1) is 0 Å². The van der Waals surface area contributed by atoms with Crippen LogP contribution in [0.3, 0.4) is 0 Å². The average Bonchev–Trinajstić information content (AvgIpc) is 3.31. The first-order valence-electron chi connectivity index (χ1n) is 7.40. The van der Waals surface area contributed by atoms with Crippen LogP contribution in [0.5, 0.6) is 0 Å². The molecule has 0 aliphatic heterocycles. The van der Waals surface area contributed by atoms with E-state index in [0.717, 1.165) is 10.9 Å². The maximum Gasteiger partial charge on any atom is 0.275 e. The molecule has 0 bridgehead atoms. The number of hydrogen-bond donors (Lipinski definition) is 0. The molecular formula is C17H14N4O2S. The molecule has 120 valence electrons. The fourth-order valence-electron chi connectivity index (χ4n) is 2.63. The van der Waals surface area contributed by atoms with Crippen LogP contribution in [0.25, 0.3) is 22.3 Å². The van der Waals surface area contributed by atoms with Gasteiger partial charge in [0.05, 0.1) is 0 Å². The third-order valence-electron chi connectivity index (χ3n) is 3.77. The van der Waals surface area contributed by atoms with Crippen molar-refractivity contribution in [2.75, 3.05) is 0 Å². The summed E-state index contributed by atoms with van der Waals surface area (Å²) in [5.41, 5.74) is 1.47. The Morgan fingerprint density at radius 3 is 2.83 bits per heavy atom. The first-order valence-corrected chi connectivity index (χ1v) is 8.35. The second-order valence-electron chi connectivity index (χ2n) is 5.33. The van der Waals surface area contributed by atoms with Crippen molar-refractivity contribution in [3.05, 3.63) is 70.3 Å². The van der Waals surface area contributed by atoms with E-state index >= 15 is 0 Å². The predicted molar refractivity (Wildman–Crippen MR) is 93.1 cm³/mol. The van der Waals surface area contributed by atoms with E-state index in [1.54, 1.807) is 28.2 Å². The van der Waals surface area contributed by atoms with Crippen molar-refractivity contribution in [2.24, 2.45) is 0 Å². The van der Waals surface area contributed by atoms with Gasteiger partial charge in [-0.3, -0.25) is 4.79 Å². The Labute approximate surface area is 141 Å². The van der Waals surface area contributed by atoms with Gasteiger partial charge >= 0.3 is 0 Å². The van der Waals surface area contributed by atoms with Crippen LogP contribution >= 0.6 is 11.3 Å². The van der Waals surface area contributed by atoms with E-state index in [2.05, 4.69) is 16.7 Å². The zero-order chi connectivity index (χ0) is 16.5.